The molecule has 0 bridgehead atoms. The van der Waals surface area contributed by atoms with Gasteiger partial charge in [-0.15, -0.1) is 0 Å². The molecule has 0 spiro atoms. The van der Waals surface area contributed by atoms with Crippen molar-refractivity contribution in [2.24, 2.45) is 0 Å². The number of aliphatic hydroxyl groups is 2. The molecule has 3 heteroatoms. The number of hydrogen-bond acceptors (Lipinski definition) is 2. The quantitative estimate of drug-likeness (QED) is 0.450. The van der Waals surface area contributed by atoms with Gasteiger partial charge in [-0.3, -0.25) is 0 Å². The van der Waals surface area contributed by atoms with Crippen LogP contribution < -0.4 is 0 Å². The molecular weight excluding hydrogens is 249 g/mol. The summed E-state index contributed by atoms with van der Waals surface area (Å²) in [7, 11) is 0. The molecule has 0 aromatic rings. The summed E-state index contributed by atoms with van der Waals surface area (Å²) in [6.07, 6.45) is 7.15. The van der Waals surface area contributed by atoms with Crippen molar-refractivity contribution in [1.82, 2.24) is 0 Å². The van der Waals surface area contributed by atoms with Crippen LogP contribution in [0.1, 0.15) is 45.4 Å². The molecule has 15 heavy (non-hydrogen) atoms. The fraction of sp³-hybridized carbons (Fsp3) is 1.00. The van der Waals surface area contributed by atoms with E-state index >= 15 is 0 Å². The van der Waals surface area contributed by atoms with Gasteiger partial charge in [0.1, 0.15) is 0 Å². The third-order valence-electron chi connectivity index (χ3n) is 2.76. The number of rotatable bonds is 11. The van der Waals surface area contributed by atoms with Gasteiger partial charge in [-0.1, -0.05) is 0 Å². The van der Waals surface area contributed by atoms with Crippen LogP contribution in [-0.2, 0) is 0 Å². The number of hydrogen-bond donors (Lipinski definition) is 2. The second-order valence-electron chi connectivity index (χ2n) is 4.21. The standard InChI is InChI=1S/C12H27GeO2/c1-2-3-8-13(9-4-6-11-14)10-5-7-12-15/h14-15H,2-12H2,1H3. The molecule has 91 valence electrons. The van der Waals surface area contributed by atoms with Crippen LogP contribution in [0.25, 0.3) is 0 Å². The van der Waals surface area contributed by atoms with E-state index in [1.54, 1.807) is 0 Å². The molecule has 0 aliphatic heterocycles. The summed E-state index contributed by atoms with van der Waals surface area (Å²) in [5.74, 6) is 0. The minimum absolute atomic E-state index is 0.357. The Morgan fingerprint density at radius 2 is 1.20 bits per heavy atom. The van der Waals surface area contributed by atoms with Gasteiger partial charge >= 0.3 is 99.0 Å². The van der Waals surface area contributed by atoms with E-state index in [9.17, 15) is 0 Å². The Morgan fingerprint density at radius 3 is 1.60 bits per heavy atom. The Labute approximate surface area is 99.2 Å². The molecule has 0 rings (SSSR count). The van der Waals surface area contributed by atoms with E-state index < -0.39 is 14.3 Å². The topological polar surface area (TPSA) is 40.5 Å². The summed E-state index contributed by atoms with van der Waals surface area (Å²) in [5.41, 5.74) is 0. The summed E-state index contributed by atoms with van der Waals surface area (Å²) >= 11 is -0.809. The first-order chi connectivity index (χ1) is 7.35. The van der Waals surface area contributed by atoms with E-state index in [-0.39, 0.29) is 0 Å². The fourth-order valence-corrected chi connectivity index (χ4v) is 8.29. The summed E-state index contributed by atoms with van der Waals surface area (Å²) in [4.78, 5) is 0. The maximum absolute atomic E-state index is 8.75. The van der Waals surface area contributed by atoms with Gasteiger partial charge in [0, 0.05) is 0 Å². The van der Waals surface area contributed by atoms with E-state index in [4.69, 9.17) is 10.2 Å². The van der Waals surface area contributed by atoms with Crippen molar-refractivity contribution >= 4 is 14.3 Å². The Morgan fingerprint density at radius 1 is 0.733 bits per heavy atom. The molecule has 2 nitrogen and oxygen atoms in total. The number of unbranched alkanes of at least 4 members (excludes halogenated alkanes) is 3. The third-order valence-corrected chi connectivity index (χ3v) is 9.44. The second-order valence-corrected chi connectivity index (χ2v) is 10.5. The molecule has 0 aromatic carbocycles. The Bertz CT molecular complexity index is 110. The first-order valence-corrected chi connectivity index (χ1v) is 10.9. The van der Waals surface area contributed by atoms with Crippen LogP contribution in [0, 0.1) is 0 Å². The average Bonchev–Trinajstić information content (AvgIpc) is 2.25. The van der Waals surface area contributed by atoms with Crippen LogP contribution in [0.2, 0.25) is 15.8 Å². The fourth-order valence-electron chi connectivity index (χ4n) is 1.78. The molecule has 2 N–H and O–H groups in total. The van der Waals surface area contributed by atoms with Crippen LogP contribution in [0.3, 0.4) is 0 Å². The molecule has 0 unspecified atom stereocenters. The van der Waals surface area contributed by atoms with Crippen molar-refractivity contribution in [3.05, 3.63) is 0 Å². The molecule has 0 amide bonds. The molecule has 0 aliphatic carbocycles. The Hall–Kier alpha value is 0.463. The molecule has 0 aliphatic rings. The van der Waals surface area contributed by atoms with Gasteiger partial charge in [0.15, 0.2) is 0 Å². The van der Waals surface area contributed by atoms with Crippen LogP contribution in [-0.4, -0.2) is 37.8 Å². The van der Waals surface area contributed by atoms with Gasteiger partial charge in [-0.2, -0.15) is 0 Å². The number of aliphatic hydroxyl groups excluding tert-OH is 2. The van der Waals surface area contributed by atoms with E-state index in [1.165, 1.54) is 41.4 Å². The van der Waals surface area contributed by atoms with E-state index in [0.29, 0.717) is 13.2 Å². The Balaban J connectivity index is 3.53. The predicted octanol–water partition coefficient (Wildman–Crippen LogP) is 2.83. The molecule has 1 radical (unpaired) electrons. The zero-order chi connectivity index (χ0) is 11.4. The van der Waals surface area contributed by atoms with Gasteiger partial charge < -0.3 is 0 Å². The van der Waals surface area contributed by atoms with Crippen molar-refractivity contribution < 1.29 is 10.2 Å². The van der Waals surface area contributed by atoms with Gasteiger partial charge in [-0.25, -0.2) is 0 Å². The van der Waals surface area contributed by atoms with E-state index in [1.807, 2.05) is 0 Å². The second kappa shape index (κ2) is 12.5. The molecule has 0 fully saturated rings. The average molecular weight is 276 g/mol. The third kappa shape index (κ3) is 10.7. The van der Waals surface area contributed by atoms with Crippen molar-refractivity contribution in [3.63, 3.8) is 0 Å². The van der Waals surface area contributed by atoms with Crippen LogP contribution >= 0.6 is 0 Å². The first-order valence-electron chi connectivity index (χ1n) is 6.40. The predicted molar refractivity (Wildman–Crippen MR) is 67.7 cm³/mol. The van der Waals surface area contributed by atoms with E-state index in [2.05, 4.69) is 6.92 Å². The Kier molecular flexibility index (Phi) is 12.9. The summed E-state index contributed by atoms with van der Waals surface area (Å²) in [5, 5.41) is 21.8. The molecule has 0 heterocycles. The minimum atomic E-state index is -0.809. The van der Waals surface area contributed by atoms with Crippen LogP contribution in [0.15, 0.2) is 0 Å². The van der Waals surface area contributed by atoms with Crippen LogP contribution in [0.5, 0.6) is 0 Å². The molecule has 0 atom stereocenters. The molecule has 0 aromatic heterocycles. The monoisotopic (exact) mass is 277 g/mol. The summed E-state index contributed by atoms with van der Waals surface area (Å²) in [6.45, 7) is 2.98. The molecule has 0 saturated carbocycles. The van der Waals surface area contributed by atoms with Crippen molar-refractivity contribution in [3.8, 4) is 0 Å². The van der Waals surface area contributed by atoms with Crippen molar-refractivity contribution in [2.45, 2.75) is 61.2 Å². The van der Waals surface area contributed by atoms with Gasteiger partial charge in [0.2, 0.25) is 0 Å². The van der Waals surface area contributed by atoms with E-state index in [0.717, 1.165) is 12.8 Å². The van der Waals surface area contributed by atoms with Gasteiger partial charge in [0.05, 0.1) is 0 Å². The molecular formula is C12H27GeO2. The summed E-state index contributed by atoms with van der Waals surface area (Å²) in [6, 6.07) is 0. The van der Waals surface area contributed by atoms with Gasteiger partial charge in [-0.05, 0) is 0 Å². The van der Waals surface area contributed by atoms with Crippen LogP contribution in [0.4, 0.5) is 0 Å². The first kappa shape index (κ1) is 15.5. The molecule has 0 saturated heterocycles. The summed E-state index contributed by atoms with van der Waals surface area (Å²) < 4.78 is 0. The zero-order valence-electron chi connectivity index (χ0n) is 10.2. The van der Waals surface area contributed by atoms with Gasteiger partial charge in [0.25, 0.3) is 0 Å². The normalized spacial score (nSPS) is 11.2. The SMILES string of the molecule is CCC[CH2][Ge]([CH2]CCCO)[CH2]CCCO. The maximum atomic E-state index is 8.75. The van der Waals surface area contributed by atoms with Crippen molar-refractivity contribution in [1.29, 1.82) is 0 Å². The zero-order valence-corrected chi connectivity index (χ0v) is 12.3. The van der Waals surface area contributed by atoms with Crippen molar-refractivity contribution in [2.75, 3.05) is 13.2 Å².